The van der Waals surface area contributed by atoms with Gasteiger partial charge in [-0.1, -0.05) is 143 Å². The van der Waals surface area contributed by atoms with Gasteiger partial charge in [-0.25, -0.2) is 0 Å². The van der Waals surface area contributed by atoms with E-state index >= 15 is 0 Å². The smallest absolute Gasteiger partial charge is 0.0000986 e. The van der Waals surface area contributed by atoms with Gasteiger partial charge in [0.1, 0.15) is 0 Å². The van der Waals surface area contributed by atoms with Crippen LogP contribution >= 0.6 is 0 Å². The molecule has 0 heterocycles. The second kappa shape index (κ2) is 12.6. The van der Waals surface area contributed by atoms with E-state index < -0.39 is 0 Å². The lowest BCUT2D eigenvalue weighted by Crippen LogP contribution is -2.01. The number of hydrogen-bond donors (Lipinski definition) is 0. The molecule has 0 spiro atoms. The Morgan fingerprint density at radius 1 is 0.231 bits per heavy atom. The fraction of sp³-hybridized carbons (Fsp3) is 0.192. The summed E-state index contributed by atoms with van der Waals surface area (Å²) in [4.78, 5) is 0. The van der Waals surface area contributed by atoms with Crippen molar-refractivity contribution in [2.24, 2.45) is 0 Å². The van der Waals surface area contributed by atoms with Crippen molar-refractivity contribution in [3.63, 3.8) is 0 Å². The summed E-state index contributed by atoms with van der Waals surface area (Å²) < 4.78 is 0. The van der Waals surface area contributed by atoms with Gasteiger partial charge in [-0.05, 0) is 168 Å². The highest BCUT2D eigenvalue weighted by Gasteiger charge is 2.28. The maximum Gasteiger partial charge on any atom is -0.0000986 e. The number of rotatable bonds is 4. The lowest BCUT2D eigenvalue weighted by molar-refractivity contribution is 1.32. The molecule has 8 rings (SSSR count). The summed E-state index contributed by atoms with van der Waals surface area (Å²) in [5.41, 5.74) is 23.4. The van der Waals surface area contributed by atoms with Crippen LogP contribution in [0.15, 0.2) is 109 Å². The summed E-state index contributed by atoms with van der Waals surface area (Å²) >= 11 is 0. The highest BCUT2D eigenvalue weighted by Crippen LogP contribution is 2.55. The van der Waals surface area contributed by atoms with E-state index in [9.17, 15) is 0 Å². The van der Waals surface area contributed by atoms with Crippen molar-refractivity contribution in [1.82, 2.24) is 0 Å². The van der Waals surface area contributed by atoms with Crippen LogP contribution in [0.2, 0.25) is 0 Å². The normalized spacial score (nSPS) is 11.7. The minimum Gasteiger partial charge on any atom is -0.0587 e. The highest BCUT2D eigenvalue weighted by atomic mass is 14.3. The molecule has 8 aromatic rings. The van der Waals surface area contributed by atoms with Gasteiger partial charge in [-0.3, -0.25) is 0 Å². The molecule has 0 heteroatoms. The zero-order valence-corrected chi connectivity index (χ0v) is 32.4. The van der Waals surface area contributed by atoms with E-state index in [0.717, 1.165) is 0 Å². The zero-order valence-electron chi connectivity index (χ0n) is 32.4. The molecule has 0 fully saturated rings. The van der Waals surface area contributed by atoms with Crippen molar-refractivity contribution in [1.29, 1.82) is 0 Å². The Kier molecular flexibility index (Phi) is 8.19. The molecule has 0 saturated heterocycles. The third kappa shape index (κ3) is 5.44. The third-order valence-corrected chi connectivity index (χ3v) is 11.2. The molecule has 0 bridgehead atoms. The van der Waals surface area contributed by atoms with Crippen molar-refractivity contribution >= 4 is 32.3 Å². The first-order valence-electron chi connectivity index (χ1n) is 18.7. The van der Waals surface area contributed by atoms with Crippen LogP contribution in [0.1, 0.15) is 55.6 Å². The third-order valence-electron chi connectivity index (χ3n) is 11.2. The second-order valence-electron chi connectivity index (χ2n) is 15.6. The molecule has 8 aromatic carbocycles. The molecular formula is C52H48. The molecule has 52 heavy (non-hydrogen) atoms. The fourth-order valence-corrected chi connectivity index (χ4v) is 9.16. The summed E-state index contributed by atoms with van der Waals surface area (Å²) in [6.45, 7) is 22.5. The highest BCUT2D eigenvalue weighted by molar-refractivity contribution is 6.34. The van der Waals surface area contributed by atoms with Crippen LogP contribution in [0.25, 0.3) is 76.8 Å². The molecule has 0 aliphatic carbocycles. The van der Waals surface area contributed by atoms with Crippen molar-refractivity contribution < 1.29 is 0 Å². The average Bonchev–Trinajstić information content (AvgIpc) is 3.08. The van der Waals surface area contributed by atoms with Crippen molar-refractivity contribution in [2.45, 2.75) is 69.2 Å². The molecular weight excluding hydrogens is 625 g/mol. The minimum absolute atomic E-state index is 1.25. The van der Waals surface area contributed by atoms with Gasteiger partial charge in [0.05, 0.1) is 0 Å². The van der Waals surface area contributed by atoms with Crippen LogP contribution in [0, 0.1) is 69.2 Å². The van der Waals surface area contributed by atoms with Gasteiger partial charge in [0.15, 0.2) is 0 Å². The van der Waals surface area contributed by atoms with Crippen molar-refractivity contribution in [3.05, 3.63) is 165 Å². The van der Waals surface area contributed by atoms with E-state index in [4.69, 9.17) is 0 Å². The lowest BCUT2D eigenvalue weighted by atomic mass is 9.75. The summed E-state index contributed by atoms with van der Waals surface area (Å²) in [6, 6.07) is 42.2. The Hall–Kier alpha value is -5.46. The van der Waals surface area contributed by atoms with Crippen molar-refractivity contribution in [3.8, 4) is 44.5 Å². The first kappa shape index (κ1) is 33.7. The quantitative estimate of drug-likeness (QED) is 0.163. The molecule has 0 N–H and O–H groups in total. The second-order valence-corrected chi connectivity index (χ2v) is 15.6. The molecule has 0 unspecified atom stereocenters. The zero-order chi connectivity index (χ0) is 36.6. The Bertz CT molecular complexity index is 2690. The Morgan fingerprint density at radius 2 is 0.538 bits per heavy atom. The predicted octanol–water partition coefficient (Wildman–Crippen LogP) is 14.9. The SMILES string of the molecule is Cc1ccc(-c2c3cc(C)ccc3c(-c3c(C)cc(C)cc3C)c3c(-c4c(C)cc(C)cc4C)c4cc(C)ccc4c(-c4ccc(C)cc4)c23)cc1. The van der Waals surface area contributed by atoms with E-state index in [0.29, 0.717) is 0 Å². The molecule has 0 saturated carbocycles. The van der Waals surface area contributed by atoms with E-state index in [1.807, 2.05) is 0 Å². The number of benzene rings is 8. The topological polar surface area (TPSA) is 0 Å². The maximum atomic E-state index is 2.45. The van der Waals surface area contributed by atoms with Gasteiger partial charge in [0.25, 0.3) is 0 Å². The van der Waals surface area contributed by atoms with Crippen LogP contribution in [0.5, 0.6) is 0 Å². The Morgan fingerprint density at radius 3 is 0.962 bits per heavy atom. The van der Waals surface area contributed by atoms with Crippen LogP contribution in [-0.4, -0.2) is 0 Å². The number of aryl methyl sites for hydroxylation is 10. The molecule has 0 aromatic heterocycles. The van der Waals surface area contributed by atoms with E-state index in [2.05, 4.69) is 178 Å². The van der Waals surface area contributed by atoms with Crippen molar-refractivity contribution in [2.75, 3.05) is 0 Å². The lowest BCUT2D eigenvalue weighted by Gasteiger charge is -2.28. The van der Waals surface area contributed by atoms with Gasteiger partial charge in [-0.15, -0.1) is 0 Å². The first-order valence-corrected chi connectivity index (χ1v) is 18.7. The standard InChI is InChI=1S/C52H48/c1-29-11-17-39(18-12-29)47-41-21-15-32(4)28-44(41)50(46-37(9)25-34(6)26-38(46)10)52-49(45-35(7)23-33(5)24-36(45)8)42-22-16-31(3)27-43(42)48(51(47)52)40-19-13-30(2)14-20-40/h11-28H,1-10H3. The van der Waals surface area contributed by atoms with Crippen LogP contribution in [0.4, 0.5) is 0 Å². The Balaban J connectivity index is 1.82. The Labute approximate surface area is 309 Å². The molecule has 0 aliphatic heterocycles. The largest absolute Gasteiger partial charge is 0.0587 e. The first-order chi connectivity index (χ1) is 24.9. The number of fused-ring (bicyclic) bond motifs is 3. The predicted molar refractivity (Wildman–Crippen MR) is 228 cm³/mol. The van der Waals surface area contributed by atoms with Gasteiger partial charge in [-0.2, -0.15) is 0 Å². The molecule has 0 aliphatic rings. The van der Waals surface area contributed by atoms with E-state index in [1.165, 1.54) is 132 Å². The van der Waals surface area contributed by atoms with Crippen LogP contribution in [0.3, 0.4) is 0 Å². The summed E-state index contributed by atoms with van der Waals surface area (Å²) in [5.74, 6) is 0. The monoisotopic (exact) mass is 672 g/mol. The molecule has 0 radical (unpaired) electrons. The van der Waals surface area contributed by atoms with E-state index in [1.54, 1.807) is 0 Å². The maximum absolute atomic E-state index is 2.45. The number of hydrogen-bond acceptors (Lipinski definition) is 0. The summed E-state index contributed by atoms with van der Waals surface area (Å²) in [5, 5.41) is 7.86. The van der Waals surface area contributed by atoms with Crippen LogP contribution in [-0.2, 0) is 0 Å². The molecule has 0 nitrogen and oxygen atoms in total. The van der Waals surface area contributed by atoms with E-state index in [-0.39, 0.29) is 0 Å². The molecule has 256 valence electrons. The van der Waals surface area contributed by atoms with Gasteiger partial charge >= 0.3 is 0 Å². The summed E-state index contributed by atoms with van der Waals surface area (Å²) in [6.07, 6.45) is 0. The summed E-state index contributed by atoms with van der Waals surface area (Å²) in [7, 11) is 0. The van der Waals surface area contributed by atoms with Gasteiger partial charge in [0, 0.05) is 0 Å². The van der Waals surface area contributed by atoms with Gasteiger partial charge in [0.2, 0.25) is 0 Å². The molecule has 0 atom stereocenters. The molecule has 0 amide bonds. The van der Waals surface area contributed by atoms with Gasteiger partial charge < -0.3 is 0 Å². The van der Waals surface area contributed by atoms with Crippen LogP contribution < -0.4 is 0 Å². The average molecular weight is 673 g/mol. The minimum atomic E-state index is 1.25. The fourth-order valence-electron chi connectivity index (χ4n) is 9.16.